The summed E-state index contributed by atoms with van der Waals surface area (Å²) in [6.45, 7) is 19.4. The van der Waals surface area contributed by atoms with Gasteiger partial charge < -0.3 is 54.2 Å². The van der Waals surface area contributed by atoms with Crippen molar-refractivity contribution in [1.29, 1.82) is 0 Å². The van der Waals surface area contributed by atoms with Crippen LogP contribution in [0.15, 0.2) is 48.6 Å². The summed E-state index contributed by atoms with van der Waals surface area (Å²) < 4.78 is 50.6. The van der Waals surface area contributed by atoms with Crippen molar-refractivity contribution in [3.05, 3.63) is 48.6 Å². The van der Waals surface area contributed by atoms with Gasteiger partial charge in [-0.2, -0.15) is 0 Å². The molecule has 0 bridgehead atoms. The molecule has 0 spiro atoms. The van der Waals surface area contributed by atoms with Gasteiger partial charge in [-0.1, -0.05) is 26.3 Å². The first-order valence-corrected chi connectivity index (χ1v) is 23.4. The lowest BCUT2D eigenvalue weighted by atomic mass is 10.4. The maximum Gasteiger partial charge on any atom is 0.486 e. The fraction of sp³-hybridized carbons (Fsp3) is 0.586. The van der Waals surface area contributed by atoms with E-state index in [2.05, 4.69) is 26.3 Å². The van der Waals surface area contributed by atoms with Gasteiger partial charge in [0.15, 0.2) is 0 Å². The highest BCUT2D eigenvalue weighted by Crippen LogP contribution is 2.36. The van der Waals surface area contributed by atoms with Crippen molar-refractivity contribution in [1.82, 2.24) is 0 Å². The molecule has 1 heterocycles. The van der Waals surface area contributed by atoms with Gasteiger partial charge in [-0.05, 0) is 53.4 Å². The SMILES string of the molecule is C=C(C)C(=O)OCCC[Si]1(O)O[Si](O)(CCCOC(=O)C(=C)C)O[Si](CCCOC(=O)C(=C)C)(OC)O[Si](O)(CCCOC(=O)C(=C)C)O1. The molecule has 20 heteroatoms. The number of rotatable bonds is 21. The summed E-state index contributed by atoms with van der Waals surface area (Å²) in [6, 6.07) is -0.927. The van der Waals surface area contributed by atoms with Gasteiger partial charge in [0, 0.05) is 53.6 Å². The molecule has 0 aromatic carbocycles. The second kappa shape index (κ2) is 20.3. The van der Waals surface area contributed by atoms with E-state index in [-0.39, 0.29) is 98.6 Å². The average molecular weight is 767 g/mol. The highest BCUT2D eigenvalue weighted by Gasteiger charge is 2.64. The van der Waals surface area contributed by atoms with Crippen molar-refractivity contribution < 1.29 is 73.4 Å². The largest absolute Gasteiger partial charge is 0.486 e. The van der Waals surface area contributed by atoms with E-state index in [9.17, 15) is 33.6 Å². The Kier molecular flexibility index (Phi) is 18.4. The van der Waals surface area contributed by atoms with Crippen LogP contribution in [0, 0.1) is 0 Å². The minimum Gasteiger partial charge on any atom is -0.462 e. The maximum atomic E-state index is 11.9. The minimum absolute atomic E-state index is 0.00983. The molecule has 2 atom stereocenters. The summed E-state index contributed by atoms with van der Waals surface area (Å²) in [4.78, 5) is 83.1. The van der Waals surface area contributed by atoms with Crippen LogP contribution in [0.5, 0.6) is 0 Å². The number of hydrogen-bond acceptors (Lipinski definition) is 16. The molecule has 278 valence electrons. The zero-order valence-corrected chi connectivity index (χ0v) is 33.0. The van der Waals surface area contributed by atoms with Crippen LogP contribution in [-0.2, 0) is 59.0 Å². The zero-order chi connectivity index (χ0) is 37.5. The van der Waals surface area contributed by atoms with Crippen molar-refractivity contribution in [2.24, 2.45) is 0 Å². The summed E-state index contributed by atoms with van der Waals surface area (Å²) in [5.41, 5.74) is 0.680. The minimum atomic E-state index is -4.63. The zero-order valence-electron chi connectivity index (χ0n) is 29.0. The molecule has 1 rings (SSSR count). The topological polar surface area (TPSA) is 212 Å². The third kappa shape index (κ3) is 16.3. The molecule has 0 aromatic heterocycles. The van der Waals surface area contributed by atoms with Crippen LogP contribution in [0.3, 0.4) is 0 Å². The van der Waals surface area contributed by atoms with E-state index in [1.54, 1.807) is 0 Å². The van der Waals surface area contributed by atoms with E-state index in [4.69, 9.17) is 39.8 Å². The van der Waals surface area contributed by atoms with E-state index < -0.39 is 59.1 Å². The predicted octanol–water partition coefficient (Wildman–Crippen LogP) is 2.48. The molecular formula is C29H50O16Si4. The van der Waals surface area contributed by atoms with Crippen LogP contribution in [0.25, 0.3) is 0 Å². The molecule has 0 aromatic rings. The van der Waals surface area contributed by atoms with Crippen molar-refractivity contribution in [3.8, 4) is 0 Å². The first-order valence-electron chi connectivity index (χ1n) is 15.5. The Bertz CT molecular complexity index is 1190. The van der Waals surface area contributed by atoms with Crippen molar-refractivity contribution in [3.63, 3.8) is 0 Å². The fourth-order valence-electron chi connectivity index (χ4n) is 3.99. The van der Waals surface area contributed by atoms with E-state index in [0.717, 1.165) is 0 Å². The van der Waals surface area contributed by atoms with Crippen LogP contribution in [0.1, 0.15) is 53.4 Å². The summed E-state index contributed by atoms with van der Waals surface area (Å²) >= 11 is 0. The molecule has 0 radical (unpaired) electrons. The smallest absolute Gasteiger partial charge is 0.462 e. The highest BCUT2D eigenvalue weighted by atomic mass is 28.6. The molecule has 3 N–H and O–H groups in total. The lowest BCUT2D eigenvalue weighted by Gasteiger charge is -2.46. The normalized spacial score (nSPS) is 25.2. The quantitative estimate of drug-likeness (QED) is 0.0504. The van der Waals surface area contributed by atoms with Gasteiger partial charge in [-0.25, -0.2) is 19.2 Å². The molecule has 2 unspecified atom stereocenters. The summed E-state index contributed by atoms with van der Waals surface area (Å²) in [5, 5.41) is 0. The van der Waals surface area contributed by atoms with Crippen LogP contribution in [-0.4, -0.2) is 107 Å². The third-order valence-corrected chi connectivity index (χ3v) is 21.1. The van der Waals surface area contributed by atoms with Gasteiger partial charge in [0.25, 0.3) is 0 Å². The second-order valence-corrected chi connectivity index (χ2v) is 22.8. The molecule has 0 saturated carbocycles. The lowest BCUT2D eigenvalue weighted by molar-refractivity contribution is -0.139. The fourth-order valence-corrected chi connectivity index (χ4v) is 20.5. The molecule has 49 heavy (non-hydrogen) atoms. The Hall–Kier alpha value is -2.61. The highest BCUT2D eigenvalue weighted by molar-refractivity contribution is 6.88. The molecule has 1 aliphatic rings. The average Bonchev–Trinajstić information content (AvgIpc) is 3.00. The Morgan fingerprint density at radius 2 is 0.735 bits per heavy atom. The number of hydrogen-bond donors (Lipinski definition) is 3. The molecule has 1 aliphatic heterocycles. The Labute approximate surface area is 291 Å². The summed E-state index contributed by atoms with van der Waals surface area (Å²) in [5.74, 6) is -2.58. The van der Waals surface area contributed by atoms with Gasteiger partial charge in [0.1, 0.15) is 0 Å². The Morgan fingerprint density at radius 1 is 0.490 bits per heavy atom. The number of carbonyl (C=O) groups is 4. The van der Waals surface area contributed by atoms with Crippen LogP contribution in [0.2, 0.25) is 24.2 Å². The summed E-state index contributed by atoms with van der Waals surface area (Å²) in [7, 11) is -16.7. The summed E-state index contributed by atoms with van der Waals surface area (Å²) in [6.07, 6.45) is 0.117. The first-order chi connectivity index (χ1) is 22.7. The van der Waals surface area contributed by atoms with Crippen LogP contribution >= 0.6 is 0 Å². The predicted molar refractivity (Wildman–Crippen MR) is 182 cm³/mol. The third-order valence-electron chi connectivity index (χ3n) is 6.44. The van der Waals surface area contributed by atoms with E-state index in [1.807, 2.05) is 0 Å². The van der Waals surface area contributed by atoms with Crippen molar-refractivity contribution in [2.75, 3.05) is 33.5 Å². The van der Waals surface area contributed by atoms with Crippen molar-refractivity contribution >= 4 is 59.1 Å². The van der Waals surface area contributed by atoms with Crippen molar-refractivity contribution in [2.45, 2.75) is 77.6 Å². The van der Waals surface area contributed by atoms with E-state index >= 15 is 0 Å². The first kappa shape index (κ1) is 44.4. The monoisotopic (exact) mass is 766 g/mol. The lowest BCUT2D eigenvalue weighted by Crippen LogP contribution is -2.71. The maximum absolute atomic E-state index is 11.9. The molecule has 1 saturated heterocycles. The standard InChI is InChI=1S/C29H50O16Si4/c1-22(2)26(30)38-14-10-18-46(34)42-47(35,19-11-15-39-27(31)23(3)4)44-49(37-9,21-13-17-41-29(33)25(7)8)45-48(36,43-46)20-12-16-40-28(32)24(5)6/h34-36H,1,3,5,7,10-21H2,2,4,6,8-9H3. The number of esters is 4. The van der Waals surface area contributed by atoms with E-state index in [1.165, 1.54) is 34.8 Å². The molecule has 0 amide bonds. The second-order valence-electron chi connectivity index (χ2n) is 11.5. The van der Waals surface area contributed by atoms with Gasteiger partial charge >= 0.3 is 59.1 Å². The van der Waals surface area contributed by atoms with Crippen LogP contribution < -0.4 is 0 Å². The number of carbonyl (C=O) groups excluding carboxylic acids is 4. The van der Waals surface area contributed by atoms with Gasteiger partial charge in [-0.3, -0.25) is 0 Å². The van der Waals surface area contributed by atoms with Gasteiger partial charge in [0.2, 0.25) is 0 Å². The van der Waals surface area contributed by atoms with Gasteiger partial charge in [0.05, 0.1) is 26.4 Å². The molecular weight excluding hydrogens is 717 g/mol. The van der Waals surface area contributed by atoms with E-state index in [0.29, 0.717) is 0 Å². The van der Waals surface area contributed by atoms with Gasteiger partial charge in [-0.15, -0.1) is 0 Å². The molecule has 0 aliphatic carbocycles. The Balaban J connectivity index is 3.42. The molecule has 1 fully saturated rings. The molecule has 16 nitrogen and oxygen atoms in total. The van der Waals surface area contributed by atoms with Crippen LogP contribution in [0.4, 0.5) is 0 Å². The number of ether oxygens (including phenoxy) is 4. The Morgan fingerprint density at radius 3 is 0.980 bits per heavy atom.